The fourth-order valence-corrected chi connectivity index (χ4v) is 2.44. The number of benzene rings is 1. The average Bonchev–Trinajstić information content (AvgIpc) is 2.89. The van der Waals surface area contributed by atoms with Gasteiger partial charge in [0.2, 0.25) is 0 Å². The van der Waals surface area contributed by atoms with Gasteiger partial charge in [-0.2, -0.15) is 10.4 Å². The Hall–Kier alpha value is -2.67. The summed E-state index contributed by atoms with van der Waals surface area (Å²) in [6.45, 7) is 6.27. The summed E-state index contributed by atoms with van der Waals surface area (Å²) in [5, 5.41) is 13.5. The van der Waals surface area contributed by atoms with Gasteiger partial charge in [-0.1, -0.05) is 38.1 Å². The van der Waals surface area contributed by atoms with Gasteiger partial charge in [0, 0.05) is 6.99 Å². The van der Waals surface area contributed by atoms with E-state index in [1.54, 1.807) is 10.7 Å². The monoisotopic (exact) mass is 279 g/mol. The van der Waals surface area contributed by atoms with Gasteiger partial charge in [0.1, 0.15) is 17.1 Å². The Balaban J connectivity index is 0.00000176. The lowest BCUT2D eigenvalue weighted by Crippen LogP contribution is -1.97. The first-order valence-corrected chi connectivity index (χ1v) is 6.95. The largest absolute Gasteiger partial charge is 0.249 e. The number of nitrogens with zero attached hydrogens (tertiary/aromatic N) is 4. The van der Waals surface area contributed by atoms with E-state index < -0.39 is 0 Å². The molecule has 2 heterocycles. The Kier molecular flexibility index (Phi) is 3.19. The first-order chi connectivity index (χ1) is 10.1. The van der Waals surface area contributed by atoms with Crippen LogP contribution in [0.4, 0.5) is 0 Å². The molecule has 0 radical (unpaired) electrons. The molecule has 2 aromatic heterocycles. The molecule has 106 valence electrons. The summed E-state index contributed by atoms with van der Waals surface area (Å²) in [5.41, 5.74) is 5.28. The van der Waals surface area contributed by atoms with Gasteiger partial charge in [0.15, 0.2) is 0 Å². The third kappa shape index (κ3) is 2.27. The summed E-state index contributed by atoms with van der Waals surface area (Å²) in [6.07, 6.45) is 3.42. The Morgan fingerprint density at radius 3 is 2.57 bits per heavy atom. The number of hydrogen-bond acceptors (Lipinski definition) is 3. The van der Waals surface area contributed by atoms with Crippen molar-refractivity contribution in [2.45, 2.75) is 26.7 Å². The third-order valence-corrected chi connectivity index (χ3v) is 3.59. The molecule has 0 saturated carbocycles. The molecule has 21 heavy (non-hydrogen) atoms. The lowest BCUT2D eigenvalue weighted by molar-refractivity contribution is 0.867. The highest BCUT2D eigenvalue weighted by molar-refractivity contribution is 5.81. The minimum absolute atomic E-state index is 0. The zero-order valence-electron chi connectivity index (χ0n) is 12.3. The first-order valence-electron chi connectivity index (χ1n) is 6.95. The fourth-order valence-electron chi connectivity index (χ4n) is 2.44. The van der Waals surface area contributed by atoms with Crippen molar-refractivity contribution in [3.8, 4) is 17.3 Å². The highest BCUT2D eigenvalue weighted by Gasteiger charge is 2.13. The molecule has 0 N–H and O–H groups in total. The maximum absolute atomic E-state index is 9.25. The molecule has 0 aliphatic rings. The van der Waals surface area contributed by atoms with E-state index in [-0.39, 0.29) is 1.43 Å². The molecule has 0 fully saturated rings. The second-order valence-corrected chi connectivity index (χ2v) is 5.47. The summed E-state index contributed by atoms with van der Waals surface area (Å²) >= 11 is 0. The zero-order valence-corrected chi connectivity index (χ0v) is 12.3. The maximum Gasteiger partial charge on any atom is 0.110 e. The van der Waals surface area contributed by atoms with Gasteiger partial charge in [-0.05, 0) is 18.4 Å². The Morgan fingerprint density at radius 1 is 1.24 bits per heavy atom. The number of hydrogen-bond donors (Lipinski definition) is 0. The van der Waals surface area contributed by atoms with Gasteiger partial charge in [-0.15, -0.1) is 0 Å². The first kappa shape index (κ1) is 13.3. The fraction of sp³-hybridized carbons (Fsp3) is 0.235. The summed E-state index contributed by atoms with van der Waals surface area (Å²) < 4.78 is 1.73. The quantitative estimate of drug-likeness (QED) is 0.713. The van der Waals surface area contributed by atoms with Crippen LogP contribution in [0.1, 0.15) is 38.0 Å². The van der Waals surface area contributed by atoms with Crippen molar-refractivity contribution in [2.24, 2.45) is 0 Å². The molecule has 0 aliphatic heterocycles. The van der Waals surface area contributed by atoms with Gasteiger partial charge in [0.05, 0.1) is 23.8 Å². The lowest BCUT2D eigenvalue weighted by atomic mass is 10.00. The zero-order chi connectivity index (χ0) is 15.0. The maximum atomic E-state index is 9.25. The van der Waals surface area contributed by atoms with E-state index in [9.17, 15) is 5.26 Å². The van der Waals surface area contributed by atoms with Crippen LogP contribution in [0.25, 0.3) is 16.8 Å². The van der Waals surface area contributed by atoms with Crippen molar-refractivity contribution < 1.29 is 1.43 Å². The van der Waals surface area contributed by atoms with E-state index in [0.29, 0.717) is 11.5 Å². The van der Waals surface area contributed by atoms with Crippen LogP contribution in [0.3, 0.4) is 0 Å². The summed E-state index contributed by atoms with van der Waals surface area (Å²) in [7, 11) is 0. The van der Waals surface area contributed by atoms with Gasteiger partial charge >= 0.3 is 0 Å². The van der Waals surface area contributed by atoms with Crippen molar-refractivity contribution in [1.82, 2.24) is 14.6 Å². The van der Waals surface area contributed by atoms with Crippen LogP contribution in [0, 0.1) is 18.3 Å². The van der Waals surface area contributed by atoms with E-state index >= 15 is 0 Å². The third-order valence-electron chi connectivity index (χ3n) is 3.59. The molecule has 0 atom stereocenters. The second kappa shape index (κ2) is 5.02. The van der Waals surface area contributed by atoms with Gasteiger partial charge < -0.3 is 0 Å². The topological polar surface area (TPSA) is 54.0 Å². The molecule has 3 rings (SSSR count). The SMILES string of the molecule is Cc1cn2ncc(C#N)c2c(-c2ccc(C(C)C)cc2)n1.[2HH]. The summed E-state index contributed by atoms with van der Waals surface area (Å²) in [5.74, 6) is 0.495. The Labute approximate surface area is 125 Å². The highest BCUT2D eigenvalue weighted by atomic mass is 15.2. The van der Waals surface area contributed by atoms with Crippen molar-refractivity contribution in [3.05, 3.63) is 53.5 Å². The number of rotatable bonds is 2. The molecule has 0 spiro atoms. The van der Waals surface area contributed by atoms with E-state index in [1.165, 1.54) is 5.56 Å². The van der Waals surface area contributed by atoms with Crippen LogP contribution in [0.15, 0.2) is 36.7 Å². The van der Waals surface area contributed by atoms with Crippen LogP contribution in [-0.4, -0.2) is 14.6 Å². The number of aromatic nitrogens is 3. The van der Waals surface area contributed by atoms with Crippen molar-refractivity contribution >= 4 is 5.52 Å². The van der Waals surface area contributed by atoms with Gasteiger partial charge in [-0.25, -0.2) is 9.50 Å². The van der Waals surface area contributed by atoms with Crippen LogP contribution in [0.5, 0.6) is 0 Å². The van der Waals surface area contributed by atoms with Crippen molar-refractivity contribution in [2.75, 3.05) is 0 Å². The van der Waals surface area contributed by atoms with Crippen LogP contribution >= 0.6 is 0 Å². The van der Waals surface area contributed by atoms with Crippen LogP contribution in [0.2, 0.25) is 0 Å². The molecule has 3 aromatic rings. The van der Waals surface area contributed by atoms with E-state index in [1.807, 2.05) is 13.1 Å². The molecular formula is C17H18N4. The van der Waals surface area contributed by atoms with E-state index in [0.717, 1.165) is 22.5 Å². The summed E-state index contributed by atoms with van der Waals surface area (Å²) in [4.78, 5) is 4.61. The molecule has 0 aliphatic carbocycles. The molecule has 4 nitrogen and oxygen atoms in total. The van der Waals surface area contributed by atoms with Crippen molar-refractivity contribution in [1.29, 1.82) is 5.26 Å². The van der Waals surface area contributed by atoms with Crippen LogP contribution < -0.4 is 0 Å². The Morgan fingerprint density at radius 2 is 1.95 bits per heavy atom. The molecule has 0 amide bonds. The minimum atomic E-state index is 0. The molecule has 0 saturated heterocycles. The minimum Gasteiger partial charge on any atom is -0.249 e. The van der Waals surface area contributed by atoms with Crippen molar-refractivity contribution in [3.63, 3.8) is 0 Å². The smallest absolute Gasteiger partial charge is 0.110 e. The standard InChI is InChI=1S/C17H16N4.H2/c1-11(2)13-4-6-14(7-5-13)16-17-15(8-18)9-19-21(17)10-12(3)20-16;/h4-7,9-11H,1-3H3;1H/i;1+1. The number of aryl methyl sites for hydroxylation is 1. The number of fused-ring (bicyclic) bond motifs is 1. The second-order valence-electron chi connectivity index (χ2n) is 5.47. The lowest BCUT2D eigenvalue weighted by Gasteiger charge is -2.09. The predicted octanol–water partition coefficient (Wildman–Crippen LogP) is 3.95. The van der Waals surface area contributed by atoms with E-state index in [4.69, 9.17) is 0 Å². The molecule has 1 aromatic carbocycles. The van der Waals surface area contributed by atoms with Crippen LogP contribution in [-0.2, 0) is 0 Å². The molecule has 0 unspecified atom stereocenters. The van der Waals surface area contributed by atoms with E-state index in [2.05, 4.69) is 54.3 Å². The molecule has 4 heteroatoms. The molecule has 0 bridgehead atoms. The predicted molar refractivity (Wildman–Crippen MR) is 84.1 cm³/mol. The number of nitriles is 1. The normalized spacial score (nSPS) is 11.0. The Bertz CT molecular complexity index is 841. The van der Waals surface area contributed by atoms with Gasteiger partial charge in [0.25, 0.3) is 0 Å². The van der Waals surface area contributed by atoms with Gasteiger partial charge in [-0.3, -0.25) is 0 Å². The average molecular weight is 279 g/mol. The summed E-state index contributed by atoms with van der Waals surface area (Å²) in [6, 6.07) is 10.5. The molecular weight excluding hydrogens is 260 g/mol. The highest BCUT2D eigenvalue weighted by Crippen LogP contribution is 2.27.